The van der Waals surface area contributed by atoms with E-state index in [1.54, 1.807) is 0 Å². The zero-order chi connectivity index (χ0) is 10.6. The topological polar surface area (TPSA) is 29.1 Å². The standard InChI is InChI=1S/C8H8Br2INOS/c9-5-4-6(14-7(5)10)8(13)12-3-1-2-11/h4H,1-3H2,(H,12,13). The Morgan fingerprint density at radius 1 is 1.57 bits per heavy atom. The first-order valence-electron chi connectivity index (χ1n) is 3.94. The molecule has 0 saturated carbocycles. The number of hydrogen-bond acceptors (Lipinski definition) is 2. The molecule has 1 N–H and O–H groups in total. The third kappa shape index (κ3) is 3.79. The molecule has 0 aliphatic rings. The van der Waals surface area contributed by atoms with Gasteiger partial charge in [0, 0.05) is 15.4 Å². The van der Waals surface area contributed by atoms with Crippen LogP contribution in [-0.4, -0.2) is 16.9 Å². The number of nitrogens with one attached hydrogen (secondary N) is 1. The number of carbonyl (C=O) groups is 1. The van der Waals surface area contributed by atoms with Gasteiger partial charge in [-0.3, -0.25) is 4.79 Å². The molecule has 14 heavy (non-hydrogen) atoms. The molecule has 0 unspecified atom stereocenters. The molecule has 0 fully saturated rings. The van der Waals surface area contributed by atoms with Crippen molar-refractivity contribution in [1.82, 2.24) is 5.32 Å². The van der Waals surface area contributed by atoms with Crippen LogP contribution in [0.15, 0.2) is 14.3 Å². The third-order valence-electron chi connectivity index (χ3n) is 1.46. The zero-order valence-electron chi connectivity index (χ0n) is 7.15. The molecule has 0 radical (unpaired) electrons. The van der Waals surface area contributed by atoms with Crippen molar-refractivity contribution in [3.8, 4) is 0 Å². The Hall–Kier alpha value is 0.860. The maximum atomic E-state index is 11.5. The second kappa shape index (κ2) is 6.44. The summed E-state index contributed by atoms with van der Waals surface area (Å²) in [6, 6.07) is 1.83. The first kappa shape index (κ1) is 12.9. The molecule has 0 spiro atoms. The Morgan fingerprint density at radius 2 is 2.29 bits per heavy atom. The van der Waals surface area contributed by atoms with E-state index in [1.807, 2.05) is 6.07 Å². The lowest BCUT2D eigenvalue weighted by molar-refractivity contribution is 0.0958. The molecule has 0 saturated heterocycles. The van der Waals surface area contributed by atoms with Crippen LogP contribution in [0.25, 0.3) is 0 Å². The Bertz CT molecular complexity index is 310. The molecule has 1 aromatic heterocycles. The first-order valence-corrected chi connectivity index (χ1v) is 7.87. The molecule has 1 amide bonds. The van der Waals surface area contributed by atoms with Gasteiger partial charge in [-0.15, -0.1) is 11.3 Å². The summed E-state index contributed by atoms with van der Waals surface area (Å²) in [6.45, 7) is 0.745. The van der Waals surface area contributed by atoms with Gasteiger partial charge < -0.3 is 5.32 Å². The van der Waals surface area contributed by atoms with Crippen molar-refractivity contribution in [1.29, 1.82) is 0 Å². The molecule has 1 aromatic rings. The summed E-state index contributed by atoms with van der Waals surface area (Å²) in [7, 11) is 0. The first-order chi connectivity index (χ1) is 6.65. The minimum absolute atomic E-state index is 0.00579. The van der Waals surface area contributed by atoms with Crippen molar-refractivity contribution < 1.29 is 4.79 Å². The highest BCUT2D eigenvalue weighted by Gasteiger charge is 2.10. The fourth-order valence-electron chi connectivity index (χ4n) is 0.814. The largest absolute Gasteiger partial charge is 0.351 e. The molecule has 0 bridgehead atoms. The molecular formula is C8H8Br2INOS. The number of rotatable bonds is 4. The van der Waals surface area contributed by atoms with Gasteiger partial charge >= 0.3 is 0 Å². The Morgan fingerprint density at radius 3 is 2.79 bits per heavy atom. The number of alkyl halides is 1. The normalized spacial score (nSPS) is 10.2. The van der Waals surface area contributed by atoms with Gasteiger partial charge in [0.2, 0.25) is 0 Å². The number of amides is 1. The molecule has 1 rings (SSSR count). The molecule has 0 atom stereocenters. The maximum absolute atomic E-state index is 11.5. The number of halogens is 3. The highest BCUT2D eigenvalue weighted by atomic mass is 127. The fourth-order valence-corrected chi connectivity index (χ4v) is 3.15. The van der Waals surface area contributed by atoms with E-state index in [0.717, 1.165) is 30.5 Å². The van der Waals surface area contributed by atoms with Crippen LogP contribution >= 0.6 is 65.8 Å². The van der Waals surface area contributed by atoms with E-state index in [2.05, 4.69) is 59.8 Å². The van der Waals surface area contributed by atoms with Crippen LogP contribution in [0.4, 0.5) is 0 Å². The van der Waals surface area contributed by atoms with Crippen LogP contribution in [0.5, 0.6) is 0 Å². The minimum Gasteiger partial charge on any atom is -0.351 e. The molecule has 1 heterocycles. The molecule has 6 heteroatoms. The highest BCUT2D eigenvalue weighted by Crippen LogP contribution is 2.32. The van der Waals surface area contributed by atoms with Crippen molar-refractivity contribution in [2.24, 2.45) is 0 Å². The second-order valence-electron chi connectivity index (χ2n) is 2.53. The SMILES string of the molecule is O=C(NCCCI)c1cc(Br)c(Br)s1. The van der Waals surface area contributed by atoms with E-state index in [4.69, 9.17) is 0 Å². The molecule has 0 aliphatic heterocycles. The minimum atomic E-state index is 0.00579. The summed E-state index contributed by atoms with van der Waals surface area (Å²) >= 11 is 10.4. The Balaban J connectivity index is 2.52. The van der Waals surface area contributed by atoms with Gasteiger partial charge in [-0.25, -0.2) is 0 Å². The highest BCUT2D eigenvalue weighted by molar-refractivity contribution is 14.1. The van der Waals surface area contributed by atoms with E-state index in [0.29, 0.717) is 0 Å². The van der Waals surface area contributed by atoms with Gasteiger partial charge in [-0.1, -0.05) is 22.6 Å². The number of hydrogen-bond donors (Lipinski definition) is 1. The van der Waals surface area contributed by atoms with Gasteiger partial charge in [-0.05, 0) is 44.3 Å². The summed E-state index contributed by atoms with van der Waals surface area (Å²) in [5.41, 5.74) is 0. The quantitative estimate of drug-likeness (QED) is 0.420. The van der Waals surface area contributed by atoms with Gasteiger partial charge in [0.15, 0.2) is 0 Å². The number of thiophene rings is 1. The summed E-state index contributed by atoms with van der Waals surface area (Å²) < 4.78 is 2.95. The van der Waals surface area contributed by atoms with Crippen molar-refractivity contribution in [2.75, 3.05) is 11.0 Å². The van der Waals surface area contributed by atoms with Crippen LogP contribution in [0.3, 0.4) is 0 Å². The fraction of sp³-hybridized carbons (Fsp3) is 0.375. The van der Waals surface area contributed by atoms with E-state index in [1.165, 1.54) is 11.3 Å². The maximum Gasteiger partial charge on any atom is 0.261 e. The smallest absolute Gasteiger partial charge is 0.261 e. The third-order valence-corrected chi connectivity index (χ3v) is 5.48. The molecule has 0 aromatic carbocycles. The second-order valence-corrected chi connectivity index (χ2v) is 6.83. The van der Waals surface area contributed by atoms with Crippen molar-refractivity contribution in [3.63, 3.8) is 0 Å². The lowest BCUT2D eigenvalue weighted by atomic mass is 10.4. The van der Waals surface area contributed by atoms with Gasteiger partial charge in [-0.2, -0.15) is 0 Å². The lowest BCUT2D eigenvalue weighted by Crippen LogP contribution is -2.23. The van der Waals surface area contributed by atoms with E-state index >= 15 is 0 Å². The molecule has 0 aliphatic carbocycles. The van der Waals surface area contributed by atoms with Gasteiger partial charge in [0.1, 0.15) is 0 Å². The van der Waals surface area contributed by atoms with E-state index < -0.39 is 0 Å². The van der Waals surface area contributed by atoms with Crippen LogP contribution in [0.2, 0.25) is 0 Å². The zero-order valence-corrected chi connectivity index (χ0v) is 13.3. The van der Waals surface area contributed by atoms with Crippen molar-refractivity contribution in [3.05, 3.63) is 19.2 Å². The lowest BCUT2D eigenvalue weighted by Gasteiger charge is -2.00. The van der Waals surface area contributed by atoms with Crippen LogP contribution in [0.1, 0.15) is 16.1 Å². The summed E-state index contributed by atoms with van der Waals surface area (Å²) in [4.78, 5) is 12.3. The molecule has 2 nitrogen and oxygen atoms in total. The predicted molar refractivity (Wildman–Crippen MR) is 75.6 cm³/mol. The summed E-state index contributed by atoms with van der Waals surface area (Å²) in [6.07, 6.45) is 1.01. The van der Waals surface area contributed by atoms with Crippen molar-refractivity contribution >= 4 is 71.7 Å². The predicted octanol–water partition coefficient (Wildman–Crippen LogP) is 3.83. The van der Waals surface area contributed by atoms with Crippen LogP contribution in [-0.2, 0) is 0 Å². The number of carbonyl (C=O) groups excluding carboxylic acids is 1. The molecule has 78 valence electrons. The van der Waals surface area contributed by atoms with Crippen LogP contribution < -0.4 is 5.32 Å². The monoisotopic (exact) mass is 451 g/mol. The van der Waals surface area contributed by atoms with Crippen molar-refractivity contribution in [2.45, 2.75) is 6.42 Å². The van der Waals surface area contributed by atoms with E-state index in [-0.39, 0.29) is 5.91 Å². The summed E-state index contributed by atoms with van der Waals surface area (Å²) in [5.74, 6) is 0.00579. The van der Waals surface area contributed by atoms with E-state index in [9.17, 15) is 4.79 Å². The Kier molecular flexibility index (Phi) is 5.95. The average molecular weight is 453 g/mol. The average Bonchev–Trinajstić information content (AvgIpc) is 2.47. The van der Waals surface area contributed by atoms with Gasteiger partial charge in [0.25, 0.3) is 5.91 Å². The Labute approximate surface area is 117 Å². The van der Waals surface area contributed by atoms with Gasteiger partial charge in [0.05, 0.1) is 8.66 Å². The summed E-state index contributed by atoms with van der Waals surface area (Å²) in [5, 5.41) is 2.87. The van der Waals surface area contributed by atoms with Crippen LogP contribution in [0, 0.1) is 0 Å². The molecular weight excluding hydrogens is 445 g/mol.